The molecule has 0 atom stereocenters. The average Bonchev–Trinajstić information content (AvgIpc) is 2.79. The number of amides is 1. The highest BCUT2D eigenvalue weighted by atomic mass is 16.1. The lowest BCUT2D eigenvalue weighted by atomic mass is 10.1. The van der Waals surface area contributed by atoms with E-state index in [1.54, 1.807) is 18.2 Å². The number of aromatic amines is 1. The fraction of sp³-hybridized carbons (Fsp3) is 0.0833. The van der Waals surface area contributed by atoms with Crippen LogP contribution in [-0.4, -0.2) is 16.1 Å². The fourth-order valence-corrected chi connectivity index (χ4v) is 1.47. The third kappa shape index (κ3) is 2.15. The molecule has 4 N–H and O–H groups in total. The first-order valence-electron chi connectivity index (χ1n) is 5.22. The minimum Gasteiger partial charge on any atom is -0.399 e. The summed E-state index contributed by atoms with van der Waals surface area (Å²) in [6.07, 6.45) is 1.35. The lowest BCUT2D eigenvalue weighted by Crippen LogP contribution is -2.13. The first-order chi connectivity index (χ1) is 8.61. The number of nitriles is 1. The van der Waals surface area contributed by atoms with Crippen LogP contribution in [0, 0.1) is 18.3 Å². The van der Waals surface area contributed by atoms with Crippen LogP contribution < -0.4 is 11.1 Å². The molecule has 0 bridgehead atoms. The molecule has 0 aliphatic rings. The molecule has 18 heavy (non-hydrogen) atoms. The number of nitrogens with one attached hydrogen (secondary N) is 2. The number of benzene rings is 1. The van der Waals surface area contributed by atoms with Crippen molar-refractivity contribution < 1.29 is 4.79 Å². The van der Waals surface area contributed by atoms with E-state index in [0.717, 1.165) is 5.56 Å². The predicted octanol–water partition coefficient (Wildman–Crippen LogP) is 1.42. The smallest absolute Gasteiger partial charge is 0.256 e. The van der Waals surface area contributed by atoms with Crippen LogP contribution in [0.15, 0.2) is 24.4 Å². The van der Waals surface area contributed by atoms with E-state index in [-0.39, 0.29) is 17.3 Å². The van der Waals surface area contributed by atoms with Crippen molar-refractivity contribution in [2.24, 2.45) is 0 Å². The Bertz CT molecular complexity index is 638. The van der Waals surface area contributed by atoms with Crippen molar-refractivity contribution in [3.8, 4) is 6.07 Å². The van der Waals surface area contributed by atoms with Crippen LogP contribution in [0.4, 0.5) is 11.5 Å². The lowest BCUT2D eigenvalue weighted by Gasteiger charge is -2.05. The maximum absolute atomic E-state index is 11.9. The summed E-state index contributed by atoms with van der Waals surface area (Å²) in [5.41, 5.74) is 7.90. The number of anilines is 2. The fourth-order valence-electron chi connectivity index (χ4n) is 1.47. The van der Waals surface area contributed by atoms with Gasteiger partial charge in [-0.2, -0.15) is 10.4 Å². The highest BCUT2D eigenvalue weighted by molar-refractivity contribution is 6.04. The zero-order valence-electron chi connectivity index (χ0n) is 9.69. The number of hydrogen-bond donors (Lipinski definition) is 3. The zero-order valence-corrected chi connectivity index (χ0v) is 9.69. The lowest BCUT2D eigenvalue weighted by molar-refractivity contribution is 0.102. The highest BCUT2D eigenvalue weighted by Crippen LogP contribution is 2.15. The third-order valence-electron chi connectivity index (χ3n) is 2.53. The van der Waals surface area contributed by atoms with Gasteiger partial charge in [0.1, 0.15) is 17.5 Å². The largest absolute Gasteiger partial charge is 0.399 e. The zero-order chi connectivity index (χ0) is 13.1. The predicted molar refractivity (Wildman–Crippen MR) is 66.8 cm³/mol. The molecule has 0 saturated carbocycles. The second-order valence-corrected chi connectivity index (χ2v) is 3.80. The summed E-state index contributed by atoms with van der Waals surface area (Å²) >= 11 is 0. The Labute approximate surface area is 103 Å². The van der Waals surface area contributed by atoms with Crippen LogP contribution in [0.5, 0.6) is 0 Å². The van der Waals surface area contributed by atoms with Gasteiger partial charge >= 0.3 is 0 Å². The normalized spacial score (nSPS) is 9.78. The van der Waals surface area contributed by atoms with E-state index in [1.807, 2.05) is 13.0 Å². The van der Waals surface area contributed by atoms with E-state index in [2.05, 4.69) is 15.5 Å². The number of hydrogen-bond acceptors (Lipinski definition) is 4. The van der Waals surface area contributed by atoms with Crippen LogP contribution in [0.3, 0.4) is 0 Å². The van der Waals surface area contributed by atoms with Crippen molar-refractivity contribution in [3.63, 3.8) is 0 Å². The maximum atomic E-state index is 11.9. The summed E-state index contributed by atoms with van der Waals surface area (Å²) in [5, 5.41) is 17.6. The number of nitrogen functional groups attached to an aromatic ring is 1. The van der Waals surface area contributed by atoms with Crippen molar-refractivity contribution in [2.45, 2.75) is 6.92 Å². The number of rotatable bonds is 2. The van der Waals surface area contributed by atoms with E-state index < -0.39 is 0 Å². The second-order valence-electron chi connectivity index (χ2n) is 3.80. The number of carbonyl (C=O) groups excluding carboxylic acids is 1. The first kappa shape index (κ1) is 11.7. The van der Waals surface area contributed by atoms with Gasteiger partial charge in [-0.1, -0.05) is 0 Å². The molecule has 1 amide bonds. The van der Waals surface area contributed by atoms with E-state index in [1.165, 1.54) is 6.20 Å². The summed E-state index contributed by atoms with van der Waals surface area (Å²) in [7, 11) is 0. The molecule has 0 radical (unpaired) electrons. The van der Waals surface area contributed by atoms with Crippen LogP contribution in [0.2, 0.25) is 0 Å². The Morgan fingerprint density at radius 2 is 2.33 bits per heavy atom. The molecule has 0 fully saturated rings. The average molecular weight is 241 g/mol. The quantitative estimate of drug-likeness (QED) is 0.691. The molecule has 0 spiro atoms. The molecule has 1 heterocycles. The Hall–Kier alpha value is -2.81. The Morgan fingerprint density at radius 3 is 3.00 bits per heavy atom. The van der Waals surface area contributed by atoms with Gasteiger partial charge in [0.15, 0.2) is 0 Å². The number of carbonyl (C=O) groups is 1. The van der Waals surface area contributed by atoms with Crippen molar-refractivity contribution >= 4 is 17.4 Å². The molecule has 90 valence electrons. The van der Waals surface area contributed by atoms with Gasteiger partial charge in [0.05, 0.1) is 6.20 Å². The number of nitrogens with two attached hydrogens (primary N) is 1. The van der Waals surface area contributed by atoms with E-state index in [4.69, 9.17) is 11.0 Å². The first-order valence-corrected chi connectivity index (χ1v) is 5.22. The van der Waals surface area contributed by atoms with Crippen molar-refractivity contribution in [1.82, 2.24) is 10.2 Å². The van der Waals surface area contributed by atoms with Crippen molar-refractivity contribution in [2.75, 3.05) is 11.1 Å². The number of aromatic nitrogens is 2. The van der Waals surface area contributed by atoms with Crippen molar-refractivity contribution in [3.05, 3.63) is 41.1 Å². The second kappa shape index (κ2) is 4.59. The maximum Gasteiger partial charge on any atom is 0.256 e. The summed E-state index contributed by atoms with van der Waals surface area (Å²) < 4.78 is 0. The van der Waals surface area contributed by atoms with Crippen LogP contribution in [0.25, 0.3) is 0 Å². The number of nitrogens with zero attached hydrogens (tertiary/aromatic N) is 2. The van der Waals surface area contributed by atoms with Crippen molar-refractivity contribution in [1.29, 1.82) is 5.26 Å². The summed E-state index contributed by atoms with van der Waals surface area (Å²) in [4.78, 5) is 11.9. The topological polar surface area (TPSA) is 108 Å². The minimum atomic E-state index is -0.321. The van der Waals surface area contributed by atoms with Gasteiger partial charge in [0, 0.05) is 11.3 Å². The van der Waals surface area contributed by atoms with Gasteiger partial charge in [-0.3, -0.25) is 9.89 Å². The molecule has 6 nitrogen and oxygen atoms in total. The monoisotopic (exact) mass is 241 g/mol. The van der Waals surface area contributed by atoms with Crippen LogP contribution in [0.1, 0.15) is 21.5 Å². The molecule has 1 aromatic heterocycles. The molecular weight excluding hydrogens is 230 g/mol. The van der Waals surface area contributed by atoms with Crippen LogP contribution >= 0.6 is 0 Å². The van der Waals surface area contributed by atoms with Gasteiger partial charge in [0.25, 0.3) is 5.91 Å². The number of H-pyrrole nitrogens is 1. The van der Waals surface area contributed by atoms with Gasteiger partial charge in [0.2, 0.25) is 0 Å². The molecule has 0 aliphatic carbocycles. The third-order valence-corrected chi connectivity index (χ3v) is 2.53. The molecule has 0 saturated heterocycles. The molecule has 2 rings (SSSR count). The van der Waals surface area contributed by atoms with E-state index >= 15 is 0 Å². The van der Waals surface area contributed by atoms with Gasteiger partial charge in [-0.05, 0) is 30.7 Å². The summed E-state index contributed by atoms with van der Waals surface area (Å²) in [6.45, 7) is 1.82. The van der Waals surface area contributed by atoms with E-state index in [0.29, 0.717) is 11.3 Å². The van der Waals surface area contributed by atoms with E-state index in [9.17, 15) is 4.79 Å². The molecule has 6 heteroatoms. The Balaban J connectivity index is 2.23. The molecule has 2 aromatic rings. The highest BCUT2D eigenvalue weighted by Gasteiger charge is 2.11. The molecule has 0 unspecified atom stereocenters. The summed E-state index contributed by atoms with van der Waals surface area (Å²) in [5.74, 6) is -0.0316. The van der Waals surface area contributed by atoms with Gasteiger partial charge in [-0.25, -0.2) is 0 Å². The van der Waals surface area contributed by atoms with Gasteiger partial charge in [-0.15, -0.1) is 0 Å². The van der Waals surface area contributed by atoms with Crippen LogP contribution in [-0.2, 0) is 0 Å². The van der Waals surface area contributed by atoms with Gasteiger partial charge < -0.3 is 11.1 Å². The molecule has 1 aromatic carbocycles. The Morgan fingerprint density at radius 1 is 1.56 bits per heavy atom. The minimum absolute atomic E-state index is 0.288. The summed E-state index contributed by atoms with van der Waals surface area (Å²) in [6, 6.07) is 6.91. The Kier molecular flexibility index (Phi) is 2.98. The molecular formula is C12H11N5O. The molecule has 0 aliphatic heterocycles. The SMILES string of the molecule is Cc1cc(C(=O)Nc2[nH]ncc2C#N)ccc1N. The number of aryl methyl sites for hydroxylation is 1. The standard InChI is InChI=1S/C12H11N5O/c1-7-4-8(2-3-10(7)14)12(18)16-11-9(5-13)6-15-17-11/h2-4,6H,14H2,1H3,(H2,15,16,17,18).